The monoisotopic (exact) mass is 294 g/mol. The lowest BCUT2D eigenvalue weighted by Gasteiger charge is -2.13. The first-order valence-corrected chi connectivity index (χ1v) is 5.40. The maximum Gasteiger partial charge on any atom is 0.323 e. The van der Waals surface area contributed by atoms with Gasteiger partial charge in [0.2, 0.25) is 0 Å². The van der Waals surface area contributed by atoms with Crippen molar-refractivity contribution in [1.29, 1.82) is 0 Å². The Labute approximate surface area is 120 Å². The number of pyridine rings is 1. The van der Waals surface area contributed by atoms with Gasteiger partial charge in [-0.25, -0.2) is 0 Å². The van der Waals surface area contributed by atoms with Crippen LogP contribution in [-0.2, 0) is 16.1 Å². The molecule has 1 aromatic heterocycles. The molecule has 0 radical (unpaired) electrons. The Hall–Kier alpha value is -0.840. The van der Waals surface area contributed by atoms with E-state index in [1.807, 2.05) is 19.9 Å². The number of nitrogens with two attached hydrogens (primary N) is 1. The minimum absolute atomic E-state index is 0. The highest BCUT2D eigenvalue weighted by atomic mass is 35.5. The molecule has 0 spiro atoms. The summed E-state index contributed by atoms with van der Waals surface area (Å²) in [6, 6.07) is 3.13. The lowest BCUT2D eigenvalue weighted by atomic mass is 10.1. The molecule has 4 nitrogen and oxygen atoms in total. The summed E-state index contributed by atoms with van der Waals surface area (Å²) in [5.74, 6) is 0.0403. The van der Waals surface area contributed by atoms with Crippen LogP contribution in [0, 0.1) is 5.92 Å². The Balaban J connectivity index is 0. The van der Waals surface area contributed by atoms with Gasteiger partial charge in [0.15, 0.2) is 0 Å². The quantitative estimate of drug-likeness (QED) is 0.847. The maximum absolute atomic E-state index is 11.5. The molecule has 6 heteroatoms. The average molecular weight is 295 g/mol. The van der Waals surface area contributed by atoms with Gasteiger partial charge in [0.25, 0.3) is 0 Å². The summed E-state index contributed by atoms with van der Waals surface area (Å²) < 4.78 is 5.09. The van der Waals surface area contributed by atoms with E-state index in [1.165, 1.54) is 0 Å². The number of carbonyl (C=O) groups excluding carboxylic acids is 1. The molecule has 1 heterocycles. The maximum atomic E-state index is 11.5. The van der Waals surface area contributed by atoms with E-state index in [9.17, 15) is 4.79 Å². The van der Waals surface area contributed by atoms with Crippen LogP contribution in [0.5, 0.6) is 0 Å². The van der Waals surface area contributed by atoms with Crippen molar-refractivity contribution in [3.8, 4) is 0 Å². The van der Waals surface area contributed by atoms with Gasteiger partial charge in [0.05, 0.1) is 0 Å². The van der Waals surface area contributed by atoms with Crippen LogP contribution < -0.4 is 5.73 Å². The molecular weight excluding hydrogens is 275 g/mol. The number of esters is 1. The summed E-state index contributed by atoms with van der Waals surface area (Å²) in [7, 11) is 0. The molecule has 1 atom stereocenters. The number of halogens is 2. The first-order chi connectivity index (χ1) is 7.59. The first-order valence-electron chi connectivity index (χ1n) is 5.40. The Bertz CT molecular complexity index is 334. The zero-order valence-electron chi connectivity index (χ0n) is 10.5. The second-order valence-corrected chi connectivity index (χ2v) is 4.21. The fourth-order valence-corrected chi connectivity index (χ4v) is 1.35. The van der Waals surface area contributed by atoms with Crippen LogP contribution in [0.1, 0.15) is 25.8 Å². The lowest BCUT2D eigenvalue weighted by Crippen LogP contribution is -2.33. The van der Waals surface area contributed by atoms with Crippen molar-refractivity contribution in [2.24, 2.45) is 11.7 Å². The molecule has 0 aromatic carbocycles. The number of carbonyl (C=O) groups is 1. The number of hydrogen-bond acceptors (Lipinski definition) is 4. The molecule has 0 amide bonds. The fourth-order valence-electron chi connectivity index (χ4n) is 1.35. The van der Waals surface area contributed by atoms with Crippen molar-refractivity contribution in [2.75, 3.05) is 0 Å². The molecule has 1 unspecified atom stereocenters. The van der Waals surface area contributed by atoms with E-state index in [2.05, 4.69) is 4.98 Å². The SMILES string of the molecule is CC(C)CC(N)C(=O)OCc1cccnc1.Cl.Cl. The zero-order valence-corrected chi connectivity index (χ0v) is 12.2. The minimum Gasteiger partial charge on any atom is -0.460 e. The van der Waals surface area contributed by atoms with Crippen LogP contribution in [0.25, 0.3) is 0 Å². The molecule has 18 heavy (non-hydrogen) atoms. The summed E-state index contributed by atoms with van der Waals surface area (Å²) in [5.41, 5.74) is 6.56. The van der Waals surface area contributed by atoms with Crippen molar-refractivity contribution in [3.05, 3.63) is 30.1 Å². The molecule has 1 rings (SSSR count). The van der Waals surface area contributed by atoms with Gasteiger partial charge < -0.3 is 10.5 Å². The number of aromatic nitrogens is 1. The summed E-state index contributed by atoms with van der Waals surface area (Å²) in [5, 5.41) is 0. The fraction of sp³-hybridized carbons (Fsp3) is 0.500. The van der Waals surface area contributed by atoms with Gasteiger partial charge in [-0.3, -0.25) is 9.78 Å². The largest absolute Gasteiger partial charge is 0.460 e. The normalized spacial score (nSPS) is 11.1. The molecule has 0 aliphatic carbocycles. The van der Waals surface area contributed by atoms with E-state index in [-0.39, 0.29) is 37.4 Å². The molecular formula is C12H20Cl2N2O2. The van der Waals surface area contributed by atoms with Crippen LogP contribution in [0.2, 0.25) is 0 Å². The molecule has 0 bridgehead atoms. The van der Waals surface area contributed by atoms with Gasteiger partial charge in [-0.15, -0.1) is 24.8 Å². The summed E-state index contributed by atoms with van der Waals surface area (Å²) in [6.07, 6.45) is 3.99. The second-order valence-electron chi connectivity index (χ2n) is 4.21. The highest BCUT2D eigenvalue weighted by molar-refractivity contribution is 5.85. The van der Waals surface area contributed by atoms with Gasteiger partial charge in [-0.2, -0.15) is 0 Å². The highest BCUT2D eigenvalue weighted by Gasteiger charge is 2.16. The van der Waals surface area contributed by atoms with Crippen molar-refractivity contribution >= 4 is 30.8 Å². The van der Waals surface area contributed by atoms with Gasteiger partial charge >= 0.3 is 5.97 Å². The van der Waals surface area contributed by atoms with Crippen molar-refractivity contribution in [3.63, 3.8) is 0 Å². The average Bonchev–Trinajstić information content (AvgIpc) is 2.26. The van der Waals surface area contributed by atoms with Crippen molar-refractivity contribution < 1.29 is 9.53 Å². The Morgan fingerprint density at radius 3 is 2.61 bits per heavy atom. The molecule has 0 aliphatic rings. The summed E-state index contributed by atoms with van der Waals surface area (Å²) >= 11 is 0. The Morgan fingerprint density at radius 1 is 1.44 bits per heavy atom. The van der Waals surface area contributed by atoms with Crippen LogP contribution in [0.4, 0.5) is 0 Å². The van der Waals surface area contributed by atoms with Crippen molar-refractivity contribution in [2.45, 2.75) is 32.9 Å². The predicted molar refractivity (Wildman–Crippen MR) is 76.0 cm³/mol. The van der Waals surface area contributed by atoms with E-state index < -0.39 is 6.04 Å². The van der Waals surface area contributed by atoms with E-state index in [0.29, 0.717) is 12.3 Å². The predicted octanol–water partition coefficient (Wildman–Crippen LogP) is 2.34. The van der Waals surface area contributed by atoms with Crippen LogP contribution in [0.15, 0.2) is 24.5 Å². The number of ether oxygens (including phenoxy) is 1. The van der Waals surface area contributed by atoms with E-state index >= 15 is 0 Å². The zero-order chi connectivity index (χ0) is 12.0. The van der Waals surface area contributed by atoms with Crippen molar-refractivity contribution in [1.82, 2.24) is 4.98 Å². The molecule has 0 aliphatic heterocycles. The third-order valence-corrected chi connectivity index (χ3v) is 2.13. The molecule has 2 N–H and O–H groups in total. The van der Waals surface area contributed by atoms with Gasteiger partial charge in [0, 0.05) is 18.0 Å². The van der Waals surface area contributed by atoms with Crippen LogP contribution in [0.3, 0.4) is 0 Å². The minimum atomic E-state index is -0.531. The standard InChI is InChI=1S/C12H18N2O2.2ClH/c1-9(2)6-11(13)12(15)16-8-10-4-3-5-14-7-10;;/h3-5,7,9,11H,6,8,13H2,1-2H3;2*1H. The summed E-state index contributed by atoms with van der Waals surface area (Å²) in [6.45, 7) is 4.28. The first kappa shape index (κ1) is 19.5. The summed E-state index contributed by atoms with van der Waals surface area (Å²) in [4.78, 5) is 15.4. The van der Waals surface area contributed by atoms with Gasteiger partial charge in [-0.05, 0) is 18.4 Å². The topological polar surface area (TPSA) is 65.2 Å². The molecule has 0 saturated carbocycles. The molecule has 1 aromatic rings. The highest BCUT2D eigenvalue weighted by Crippen LogP contribution is 2.05. The molecule has 0 fully saturated rings. The number of rotatable bonds is 5. The molecule has 104 valence electrons. The Morgan fingerprint density at radius 2 is 2.11 bits per heavy atom. The number of hydrogen-bond donors (Lipinski definition) is 1. The number of nitrogens with zero attached hydrogens (tertiary/aromatic N) is 1. The third-order valence-electron chi connectivity index (χ3n) is 2.13. The lowest BCUT2D eigenvalue weighted by molar-refractivity contribution is -0.146. The van der Waals surface area contributed by atoms with Crippen LogP contribution in [-0.4, -0.2) is 17.0 Å². The van der Waals surface area contributed by atoms with Gasteiger partial charge in [0.1, 0.15) is 12.6 Å². The van der Waals surface area contributed by atoms with E-state index in [4.69, 9.17) is 10.5 Å². The second kappa shape index (κ2) is 10.1. The van der Waals surface area contributed by atoms with Gasteiger partial charge in [-0.1, -0.05) is 19.9 Å². The smallest absolute Gasteiger partial charge is 0.323 e. The Kier molecular flexibility index (Phi) is 11.0. The third kappa shape index (κ3) is 7.48. The molecule has 0 saturated heterocycles. The van der Waals surface area contributed by atoms with E-state index in [0.717, 1.165) is 5.56 Å². The van der Waals surface area contributed by atoms with Crippen LogP contribution >= 0.6 is 24.8 Å². The van der Waals surface area contributed by atoms with E-state index in [1.54, 1.807) is 18.5 Å².